The van der Waals surface area contributed by atoms with Gasteiger partial charge in [-0.15, -0.1) is 11.8 Å². The standard InChI is InChI=1S/C23H23NO3S/c1-26-23(25)16-28-15-18-9-12-21(24)22(13-18)27-14-17-7-10-20(11-8-17)19-5-3-2-4-6-19/h2-13H,14-16,24H2,1H3. The van der Waals surface area contributed by atoms with E-state index in [9.17, 15) is 4.79 Å². The summed E-state index contributed by atoms with van der Waals surface area (Å²) in [5.74, 6) is 1.45. The van der Waals surface area contributed by atoms with Crippen molar-refractivity contribution in [2.75, 3.05) is 18.6 Å². The molecule has 0 saturated carbocycles. The first-order valence-electron chi connectivity index (χ1n) is 8.96. The molecule has 0 atom stereocenters. The number of nitrogens with two attached hydrogens (primary N) is 1. The van der Waals surface area contributed by atoms with Gasteiger partial charge in [0.1, 0.15) is 12.4 Å². The Morgan fingerprint density at radius 2 is 1.61 bits per heavy atom. The summed E-state index contributed by atoms with van der Waals surface area (Å²) in [6.45, 7) is 0.442. The second-order valence-electron chi connectivity index (χ2n) is 6.29. The number of hydrogen-bond acceptors (Lipinski definition) is 5. The smallest absolute Gasteiger partial charge is 0.315 e. The van der Waals surface area contributed by atoms with Gasteiger partial charge in [-0.05, 0) is 34.4 Å². The minimum absolute atomic E-state index is 0.226. The Labute approximate surface area is 169 Å². The molecule has 0 aliphatic rings. The Morgan fingerprint density at radius 3 is 2.32 bits per heavy atom. The number of hydrogen-bond donors (Lipinski definition) is 1. The summed E-state index contributed by atoms with van der Waals surface area (Å²) in [6, 6.07) is 24.3. The third-order valence-corrected chi connectivity index (χ3v) is 5.23. The molecule has 3 aromatic rings. The lowest BCUT2D eigenvalue weighted by Gasteiger charge is -2.11. The van der Waals surface area contributed by atoms with E-state index in [2.05, 4.69) is 41.1 Å². The van der Waals surface area contributed by atoms with Gasteiger partial charge in [0.15, 0.2) is 0 Å². The number of carbonyl (C=O) groups is 1. The molecule has 0 aromatic heterocycles. The van der Waals surface area contributed by atoms with Crippen LogP contribution >= 0.6 is 11.8 Å². The van der Waals surface area contributed by atoms with E-state index >= 15 is 0 Å². The van der Waals surface area contributed by atoms with Gasteiger partial charge in [0.05, 0.1) is 18.6 Å². The van der Waals surface area contributed by atoms with Gasteiger partial charge in [-0.3, -0.25) is 4.79 Å². The second kappa shape index (κ2) is 9.85. The quantitative estimate of drug-likeness (QED) is 0.435. The number of ether oxygens (including phenoxy) is 2. The molecule has 0 unspecified atom stereocenters. The lowest BCUT2D eigenvalue weighted by molar-refractivity contribution is -0.137. The van der Waals surface area contributed by atoms with E-state index in [1.165, 1.54) is 30.0 Å². The number of benzene rings is 3. The lowest BCUT2D eigenvalue weighted by Crippen LogP contribution is -2.03. The van der Waals surface area contributed by atoms with Crippen molar-refractivity contribution in [3.63, 3.8) is 0 Å². The summed E-state index contributed by atoms with van der Waals surface area (Å²) < 4.78 is 10.6. The van der Waals surface area contributed by atoms with Crippen molar-refractivity contribution in [2.24, 2.45) is 0 Å². The largest absolute Gasteiger partial charge is 0.487 e. The van der Waals surface area contributed by atoms with Gasteiger partial charge in [-0.1, -0.05) is 60.7 Å². The van der Waals surface area contributed by atoms with E-state index in [0.29, 0.717) is 29.5 Å². The molecule has 0 spiro atoms. The van der Waals surface area contributed by atoms with Crippen molar-refractivity contribution >= 4 is 23.4 Å². The first-order valence-corrected chi connectivity index (χ1v) is 10.1. The third-order valence-electron chi connectivity index (χ3n) is 4.25. The van der Waals surface area contributed by atoms with E-state index in [1.807, 2.05) is 36.4 Å². The molecule has 144 valence electrons. The SMILES string of the molecule is COC(=O)CSCc1ccc(N)c(OCc2ccc(-c3ccccc3)cc2)c1. The Kier molecular flexibility index (Phi) is 6.98. The molecular formula is C23H23NO3S. The van der Waals surface area contributed by atoms with Crippen LogP contribution in [0.15, 0.2) is 72.8 Å². The van der Waals surface area contributed by atoms with Crippen LogP contribution in [0.5, 0.6) is 5.75 Å². The summed E-state index contributed by atoms with van der Waals surface area (Å²) in [4.78, 5) is 11.2. The van der Waals surface area contributed by atoms with Gasteiger partial charge in [0, 0.05) is 5.75 Å². The molecule has 28 heavy (non-hydrogen) atoms. The number of rotatable bonds is 8. The van der Waals surface area contributed by atoms with Gasteiger partial charge >= 0.3 is 5.97 Å². The molecule has 0 saturated heterocycles. The lowest BCUT2D eigenvalue weighted by atomic mass is 10.0. The minimum atomic E-state index is -0.226. The predicted octanol–water partition coefficient (Wildman–Crippen LogP) is 4.92. The normalized spacial score (nSPS) is 10.5. The Balaban J connectivity index is 1.59. The number of thioether (sulfide) groups is 1. The first kappa shape index (κ1) is 19.8. The van der Waals surface area contributed by atoms with Crippen LogP contribution in [0.4, 0.5) is 5.69 Å². The molecule has 0 aliphatic carbocycles. The number of esters is 1. The van der Waals surface area contributed by atoms with E-state index < -0.39 is 0 Å². The van der Waals surface area contributed by atoms with Gasteiger partial charge in [0.25, 0.3) is 0 Å². The monoisotopic (exact) mass is 393 g/mol. The summed E-state index contributed by atoms with van der Waals surface area (Å²) in [5, 5.41) is 0. The fourth-order valence-electron chi connectivity index (χ4n) is 2.69. The first-order chi connectivity index (χ1) is 13.7. The zero-order chi connectivity index (χ0) is 19.8. The van der Waals surface area contributed by atoms with Crippen LogP contribution in [0.1, 0.15) is 11.1 Å². The topological polar surface area (TPSA) is 61.5 Å². The summed E-state index contributed by atoms with van der Waals surface area (Å²) in [6.07, 6.45) is 0. The number of methoxy groups -OCH3 is 1. The average molecular weight is 394 g/mol. The van der Waals surface area contributed by atoms with Crippen molar-refractivity contribution in [2.45, 2.75) is 12.4 Å². The van der Waals surface area contributed by atoms with Crippen molar-refractivity contribution in [1.29, 1.82) is 0 Å². The molecule has 2 N–H and O–H groups in total. The zero-order valence-corrected chi connectivity index (χ0v) is 16.6. The van der Waals surface area contributed by atoms with Gasteiger partial charge in [0.2, 0.25) is 0 Å². The highest BCUT2D eigenvalue weighted by Gasteiger charge is 2.06. The molecule has 3 aromatic carbocycles. The Hall–Kier alpha value is -2.92. The highest BCUT2D eigenvalue weighted by Crippen LogP contribution is 2.26. The van der Waals surface area contributed by atoms with E-state index in [4.69, 9.17) is 10.5 Å². The fraction of sp³-hybridized carbons (Fsp3) is 0.174. The van der Waals surface area contributed by atoms with Crippen molar-refractivity contribution in [3.8, 4) is 16.9 Å². The molecular weight excluding hydrogens is 370 g/mol. The fourth-order valence-corrected chi connectivity index (χ4v) is 3.49. The van der Waals surface area contributed by atoms with Gasteiger partial charge in [-0.25, -0.2) is 0 Å². The molecule has 5 heteroatoms. The molecule has 0 bridgehead atoms. The van der Waals surface area contributed by atoms with E-state index in [-0.39, 0.29) is 5.97 Å². The highest BCUT2D eigenvalue weighted by atomic mass is 32.2. The van der Waals surface area contributed by atoms with Gasteiger partial charge in [-0.2, -0.15) is 0 Å². The maximum Gasteiger partial charge on any atom is 0.315 e. The number of nitrogen functional groups attached to an aromatic ring is 1. The van der Waals surface area contributed by atoms with Crippen LogP contribution in [0, 0.1) is 0 Å². The predicted molar refractivity (Wildman–Crippen MR) is 115 cm³/mol. The number of anilines is 1. The highest BCUT2D eigenvalue weighted by molar-refractivity contribution is 7.99. The molecule has 0 heterocycles. The molecule has 0 amide bonds. The van der Waals surface area contributed by atoms with Crippen LogP contribution in [0.2, 0.25) is 0 Å². The molecule has 3 rings (SSSR count). The van der Waals surface area contributed by atoms with E-state index in [1.54, 1.807) is 0 Å². The third kappa shape index (κ3) is 5.54. The maximum absolute atomic E-state index is 11.2. The van der Waals surface area contributed by atoms with Crippen LogP contribution in [0.25, 0.3) is 11.1 Å². The van der Waals surface area contributed by atoms with Crippen molar-refractivity contribution in [3.05, 3.63) is 83.9 Å². The minimum Gasteiger partial charge on any atom is -0.487 e. The van der Waals surface area contributed by atoms with Crippen molar-refractivity contribution in [1.82, 2.24) is 0 Å². The van der Waals surface area contributed by atoms with Crippen molar-refractivity contribution < 1.29 is 14.3 Å². The average Bonchev–Trinajstić information content (AvgIpc) is 2.74. The summed E-state index contributed by atoms with van der Waals surface area (Å²) >= 11 is 1.50. The van der Waals surface area contributed by atoms with Crippen LogP contribution < -0.4 is 10.5 Å². The zero-order valence-electron chi connectivity index (χ0n) is 15.8. The summed E-state index contributed by atoms with van der Waals surface area (Å²) in [7, 11) is 1.39. The van der Waals surface area contributed by atoms with Crippen LogP contribution in [0.3, 0.4) is 0 Å². The molecule has 0 radical (unpaired) electrons. The molecule has 0 fully saturated rings. The van der Waals surface area contributed by atoms with E-state index in [0.717, 1.165) is 11.1 Å². The number of carbonyl (C=O) groups excluding carboxylic acids is 1. The second-order valence-corrected chi connectivity index (χ2v) is 7.28. The Morgan fingerprint density at radius 1 is 0.929 bits per heavy atom. The molecule has 0 aliphatic heterocycles. The summed E-state index contributed by atoms with van der Waals surface area (Å²) in [5.41, 5.74) is 11.1. The van der Waals surface area contributed by atoms with Crippen LogP contribution in [-0.4, -0.2) is 18.8 Å². The van der Waals surface area contributed by atoms with Gasteiger partial charge < -0.3 is 15.2 Å². The van der Waals surface area contributed by atoms with Crippen LogP contribution in [-0.2, 0) is 21.9 Å². The maximum atomic E-state index is 11.2. The molecule has 4 nitrogen and oxygen atoms in total. The Bertz CT molecular complexity index is 911.